The van der Waals surface area contributed by atoms with E-state index in [0.717, 1.165) is 6.92 Å². The highest BCUT2D eigenvalue weighted by Gasteiger charge is 2.42. The van der Waals surface area contributed by atoms with Crippen molar-refractivity contribution in [2.45, 2.75) is 33.4 Å². The lowest BCUT2D eigenvalue weighted by atomic mass is 10.00. The highest BCUT2D eigenvalue weighted by Crippen LogP contribution is 2.37. The highest BCUT2D eigenvalue weighted by atomic mass is 19.4. The predicted molar refractivity (Wildman–Crippen MR) is 66.0 cm³/mol. The van der Waals surface area contributed by atoms with E-state index < -0.39 is 39.7 Å². The minimum absolute atomic E-state index is 0.128. The standard InChI is InChI=1S/C12H13F3N2O4/c1-4-7-8(11(18)21-5-2)10(12(13,14)15)16-6(3)9(7)17(19)20/h4-5H2,1-3H3. The number of hydrogen-bond donors (Lipinski definition) is 0. The van der Waals surface area contributed by atoms with E-state index in [1.807, 2.05) is 0 Å². The van der Waals surface area contributed by atoms with Crippen molar-refractivity contribution < 1.29 is 27.6 Å². The van der Waals surface area contributed by atoms with Crippen LogP contribution in [0.4, 0.5) is 18.9 Å². The van der Waals surface area contributed by atoms with Gasteiger partial charge < -0.3 is 4.74 Å². The lowest BCUT2D eigenvalue weighted by Gasteiger charge is -2.15. The second-order valence-corrected chi connectivity index (χ2v) is 4.08. The van der Waals surface area contributed by atoms with Gasteiger partial charge in [-0.1, -0.05) is 6.92 Å². The second-order valence-electron chi connectivity index (χ2n) is 4.08. The van der Waals surface area contributed by atoms with Crippen molar-refractivity contribution >= 4 is 11.7 Å². The van der Waals surface area contributed by atoms with E-state index in [0.29, 0.717) is 0 Å². The average molecular weight is 306 g/mol. The van der Waals surface area contributed by atoms with Gasteiger partial charge in [0.05, 0.1) is 11.5 Å². The molecule has 0 fully saturated rings. The number of aryl methyl sites for hydroxylation is 1. The maximum atomic E-state index is 13.0. The van der Waals surface area contributed by atoms with Crippen molar-refractivity contribution in [3.63, 3.8) is 0 Å². The normalized spacial score (nSPS) is 11.3. The molecule has 0 amide bonds. The summed E-state index contributed by atoms with van der Waals surface area (Å²) in [5.41, 5.74) is -3.64. The molecule has 0 bridgehead atoms. The van der Waals surface area contributed by atoms with E-state index in [2.05, 4.69) is 9.72 Å². The van der Waals surface area contributed by atoms with Crippen LogP contribution in [0.15, 0.2) is 0 Å². The molecule has 0 radical (unpaired) electrons. The number of halogens is 3. The van der Waals surface area contributed by atoms with E-state index in [-0.39, 0.29) is 18.6 Å². The Bertz CT molecular complexity index is 585. The minimum atomic E-state index is -4.91. The second kappa shape index (κ2) is 6.06. The fraction of sp³-hybridized carbons (Fsp3) is 0.500. The van der Waals surface area contributed by atoms with Crippen LogP contribution in [0.2, 0.25) is 0 Å². The number of carbonyl (C=O) groups is 1. The van der Waals surface area contributed by atoms with Crippen LogP contribution in [0.1, 0.15) is 41.2 Å². The van der Waals surface area contributed by atoms with Crippen molar-refractivity contribution in [1.82, 2.24) is 4.98 Å². The lowest BCUT2D eigenvalue weighted by Crippen LogP contribution is -2.21. The van der Waals surface area contributed by atoms with Crippen LogP contribution < -0.4 is 0 Å². The summed E-state index contributed by atoms with van der Waals surface area (Å²) in [4.78, 5) is 25.2. The molecule has 0 aromatic carbocycles. The molecule has 0 saturated carbocycles. The smallest absolute Gasteiger partial charge is 0.434 e. The summed E-state index contributed by atoms with van der Waals surface area (Å²) in [7, 11) is 0. The first-order valence-corrected chi connectivity index (χ1v) is 6.07. The number of nitrogens with zero attached hydrogens (tertiary/aromatic N) is 2. The zero-order valence-corrected chi connectivity index (χ0v) is 11.6. The van der Waals surface area contributed by atoms with E-state index >= 15 is 0 Å². The van der Waals surface area contributed by atoms with Crippen LogP contribution in [0.25, 0.3) is 0 Å². The van der Waals surface area contributed by atoms with Gasteiger partial charge in [0.1, 0.15) is 11.3 Å². The summed E-state index contributed by atoms with van der Waals surface area (Å²) >= 11 is 0. The number of rotatable bonds is 4. The third-order valence-corrected chi connectivity index (χ3v) is 2.73. The molecule has 0 spiro atoms. The third-order valence-electron chi connectivity index (χ3n) is 2.73. The maximum absolute atomic E-state index is 13.0. The first-order chi connectivity index (χ1) is 9.65. The molecule has 6 nitrogen and oxygen atoms in total. The van der Waals surface area contributed by atoms with Crippen LogP contribution in [0, 0.1) is 17.0 Å². The number of alkyl halides is 3. The summed E-state index contributed by atoms with van der Waals surface area (Å²) < 4.78 is 43.7. The van der Waals surface area contributed by atoms with Gasteiger partial charge in [0.2, 0.25) is 0 Å². The number of aromatic nitrogens is 1. The molecule has 1 aromatic heterocycles. The van der Waals surface area contributed by atoms with Gasteiger partial charge in [-0.3, -0.25) is 10.1 Å². The van der Waals surface area contributed by atoms with Crippen LogP contribution in [0.5, 0.6) is 0 Å². The van der Waals surface area contributed by atoms with E-state index in [1.165, 1.54) is 13.8 Å². The Morgan fingerprint density at radius 3 is 2.33 bits per heavy atom. The summed E-state index contributed by atoms with van der Waals surface area (Å²) in [5, 5.41) is 11.0. The number of hydrogen-bond acceptors (Lipinski definition) is 5. The summed E-state index contributed by atoms with van der Waals surface area (Å²) in [6.45, 7) is 3.79. The summed E-state index contributed by atoms with van der Waals surface area (Å²) in [6.07, 6.45) is -5.04. The number of pyridine rings is 1. The van der Waals surface area contributed by atoms with Crippen molar-refractivity contribution in [2.75, 3.05) is 6.61 Å². The summed E-state index contributed by atoms with van der Waals surface area (Å²) in [6, 6.07) is 0. The van der Waals surface area contributed by atoms with Crippen LogP contribution in [0.3, 0.4) is 0 Å². The van der Waals surface area contributed by atoms with Gasteiger partial charge in [0.25, 0.3) is 5.69 Å². The first-order valence-electron chi connectivity index (χ1n) is 6.07. The fourth-order valence-electron chi connectivity index (χ4n) is 1.97. The van der Waals surface area contributed by atoms with Gasteiger partial charge >= 0.3 is 12.1 Å². The van der Waals surface area contributed by atoms with Crippen molar-refractivity contribution in [3.8, 4) is 0 Å². The number of nitro groups is 1. The topological polar surface area (TPSA) is 82.3 Å². The predicted octanol–water partition coefficient (Wildman–Crippen LogP) is 3.06. The molecule has 1 rings (SSSR count). The van der Waals surface area contributed by atoms with Gasteiger partial charge in [-0.05, 0) is 20.3 Å². The Morgan fingerprint density at radius 2 is 1.95 bits per heavy atom. The van der Waals surface area contributed by atoms with Crippen molar-refractivity contribution in [2.24, 2.45) is 0 Å². The molecule has 1 aromatic rings. The zero-order chi connectivity index (χ0) is 16.4. The number of ether oxygens (including phenoxy) is 1. The third kappa shape index (κ3) is 3.29. The minimum Gasteiger partial charge on any atom is -0.462 e. The van der Waals surface area contributed by atoms with Crippen LogP contribution in [-0.4, -0.2) is 22.5 Å². The van der Waals surface area contributed by atoms with Crippen LogP contribution >= 0.6 is 0 Å². The Morgan fingerprint density at radius 1 is 1.38 bits per heavy atom. The first kappa shape index (κ1) is 16.9. The molecule has 0 aliphatic rings. The Hall–Kier alpha value is -2.19. The molecule has 0 aliphatic carbocycles. The lowest BCUT2D eigenvalue weighted by molar-refractivity contribution is -0.386. The van der Waals surface area contributed by atoms with Gasteiger partial charge in [0, 0.05) is 5.56 Å². The Kier molecular flexibility index (Phi) is 4.87. The summed E-state index contributed by atoms with van der Waals surface area (Å²) in [5.74, 6) is -1.27. The molecule has 0 unspecified atom stereocenters. The Balaban J connectivity index is 3.79. The van der Waals surface area contributed by atoms with Gasteiger partial charge in [-0.25, -0.2) is 9.78 Å². The zero-order valence-electron chi connectivity index (χ0n) is 11.6. The van der Waals surface area contributed by atoms with E-state index in [4.69, 9.17) is 0 Å². The average Bonchev–Trinajstić information content (AvgIpc) is 2.35. The van der Waals surface area contributed by atoms with Crippen molar-refractivity contribution in [3.05, 3.63) is 32.6 Å². The molecule has 21 heavy (non-hydrogen) atoms. The molecular weight excluding hydrogens is 293 g/mol. The number of carbonyl (C=O) groups excluding carboxylic acids is 1. The molecule has 0 aliphatic heterocycles. The van der Waals surface area contributed by atoms with Gasteiger partial charge in [-0.2, -0.15) is 13.2 Å². The van der Waals surface area contributed by atoms with E-state index in [1.54, 1.807) is 0 Å². The monoisotopic (exact) mass is 306 g/mol. The molecule has 9 heteroatoms. The maximum Gasteiger partial charge on any atom is 0.434 e. The molecule has 0 N–H and O–H groups in total. The largest absolute Gasteiger partial charge is 0.462 e. The fourth-order valence-corrected chi connectivity index (χ4v) is 1.97. The Labute approximate surface area is 118 Å². The van der Waals surface area contributed by atoms with Crippen LogP contribution in [-0.2, 0) is 17.3 Å². The molecule has 1 heterocycles. The molecule has 116 valence electrons. The molecule has 0 saturated heterocycles. The van der Waals surface area contributed by atoms with Gasteiger partial charge in [0.15, 0.2) is 5.69 Å². The SMILES string of the molecule is CCOC(=O)c1c(C(F)(F)F)nc(C)c([N+](=O)[O-])c1CC. The molecular formula is C12H13F3N2O4. The van der Waals surface area contributed by atoms with Crippen molar-refractivity contribution in [1.29, 1.82) is 0 Å². The highest BCUT2D eigenvalue weighted by molar-refractivity contribution is 5.94. The van der Waals surface area contributed by atoms with E-state index in [9.17, 15) is 28.1 Å². The number of esters is 1. The van der Waals surface area contributed by atoms with Gasteiger partial charge in [-0.15, -0.1) is 0 Å². The quantitative estimate of drug-likeness (QED) is 0.485. The molecule has 0 atom stereocenters.